The number of aryl methyl sites for hydroxylation is 2. The Hall–Kier alpha value is -1.95. The average Bonchev–Trinajstić information content (AvgIpc) is 3.04. The second kappa shape index (κ2) is 4.97. The molecule has 0 aliphatic carbocycles. The van der Waals surface area contributed by atoms with Crippen LogP contribution in [0.2, 0.25) is 0 Å². The molecule has 3 aromatic heterocycles. The first-order valence-electron chi connectivity index (χ1n) is 6.25. The van der Waals surface area contributed by atoms with E-state index in [1.54, 1.807) is 6.20 Å². The molecule has 3 rings (SSSR count). The summed E-state index contributed by atoms with van der Waals surface area (Å²) >= 11 is 1.83. The van der Waals surface area contributed by atoms with E-state index in [4.69, 9.17) is 0 Å². The third kappa shape index (κ3) is 2.31. The van der Waals surface area contributed by atoms with Gasteiger partial charge >= 0.3 is 0 Å². The van der Waals surface area contributed by atoms with Crippen molar-refractivity contribution >= 4 is 22.8 Å². The summed E-state index contributed by atoms with van der Waals surface area (Å²) in [5, 5.41) is 11.5. The van der Waals surface area contributed by atoms with Gasteiger partial charge in [0, 0.05) is 22.1 Å². The Kier molecular flexibility index (Phi) is 3.16. The first kappa shape index (κ1) is 12.1. The number of hydrogen-bond acceptors (Lipinski definition) is 5. The minimum atomic E-state index is 0.767. The monoisotopic (exact) mass is 273 g/mol. The Morgan fingerprint density at radius 3 is 2.89 bits per heavy atom. The smallest absolute Gasteiger partial charge is 0.203 e. The van der Waals surface area contributed by atoms with E-state index >= 15 is 0 Å². The molecule has 5 nitrogen and oxygen atoms in total. The molecular formula is C13H15N5S. The highest BCUT2D eigenvalue weighted by molar-refractivity contribution is 7.12. The van der Waals surface area contributed by atoms with Crippen LogP contribution in [-0.2, 0) is 13.0 Å². The zero-order chi connectivity index (χ0) is 13.2. The van der Waals surface area contributed by atoms with Gasteiger partial charge in [0.1, 0.15) is 5.82 Å². The Morgan fingerprint density at radius 2 is 2.11 bits per heavy atom. The van der Waals surface area contributed by atoms with E-state index in [-0.39, 0.29) is 0 Å². The van der Waals surface area contributed by atoms with E-state index in [0.717, 1.165) is 30.3 Å². The molecule has 6 heteroatoms. The molecule has 0 radical (unpaired) electrons. The van der Waals surface area contributed by atoms with Gasteiger partial charge in [-0.15, -0.1) is 21.5 Å². The number of thiophene rings is 1. The molecule has 98 valence electrons. The number of hydrogen-bond donors (Lipinski definition) is 1. The molecule has 3 aromatic rings. The first-order valence-corrected chi connectivity index (χ1v) is 7.07. The molecular weight excluding hydrogens is 258 g/mol. The van der Waals surface area contributed by atoms with Crippen molar-refractivity contribution in [2.75, 3.05) is 5.32 Å². The number of nitrogens with one attached hydrogen (secondary N) is 1. The highest BCUT2D eigenvalue weighted by Gasteiger charge is 2.07. The van der Waals surface area contributed by atoms with Crippen LogP contribution < -0.4 is 5.32 Å². The van der Waals surface area contributed by atoms with E-state index in [0.29, 0.717) is 0 Å². The van der Waals surface area contributed by atoms with Crippen molar-refractivity contribution in [2.24, 2.45) is 0 Å². The molecule has 1 N–H and O–H groups in total. The lowest BCUT2D eigenvalue weighted by Gasteiger charge is -2.04. The summed E-state index contributed by atoms with van der Waals surface area (Å²) in [6.07, 6.45) is 4.72. The van der Waals surface area contributed by atoms with Crippen molar-refractivity contribution in [3.63, 3.8) is 0 Å². The van der Waals surface area contributed by atoms with Gasteiger partial charge in [-0.2, -0.15) is 0 Å². The molecule has 3 heterocycles. The summed E-state index contributed by atoms with van der Waals surface area (Å²) in [7, 11) is 0. The summed E-state index contributed by atoms with van der Waals surface area (Å²) in [5.74, 6) is 1.64. The number of aromatic nitrogens is 4. The first-order chi connectivity index (χ1) is 9.28. The molecule has 19 heavy (non-hydrogen) atoms. The van der Waals surface area contributed by atoms with E-state index < -0.39 is 0 Å². The molecule has 0 unspecified atom stereocenters. The van der Waals surface area contributed by atoms with Crippen molar-refractivity contribution < 1.29 is 0 Å². The number of nitrogens with zero attached hydrogens (tertiary/aromatic N) is 4. The van der Waals surface area contributed by atoms with Crippen LogP contribution in [0.4, 0.5) is 5.82 Å². The van der Waals surface area contributed by atoms with Gasteiger partial charge in [-0.25, -0.2) is 4.98 Å². The van der Waals surface area contributed by atoms with Crippen LogP contribution >= 0.6 is 11.3 Å². The van der Waals surface area contributed by atoms with Crippen molar-refractivity contribution in [3.8, 4) is 0 Å². The van der Waals surface area contributed by atoms with Crippen molar-refractivity contribution in [2.45, 2.75) is 26.8 Å². The fraction of sp³-hybridized carbons (Fsp3) is 0.308. The van der Waals surface area contributed by atoms with Crippen LogP contribution in [0.1, 0.15) is 22.5 Å². The molecule has 0 aromatic carbocycles. The highest BCUT2D eigenvalue weighted by Crippen LogP contribution is 2.19. The maximum Gasteiger partial charge on any atom is 0.203 e. The Morgan fingerprint density at radius 1 is 1.26 bits per heavy atom. The van der Waals surface area contributed by atoms with Gasteiger partial charge < -0.3 is 5.32 Å². The van der Waals surface area contributed by atoms with Crippen molar-refractivity contribution in [3.05, 3.63) is 40.1 Å². The molecule has 0 atom stereocenters. The van der Waals surface area contributed by atoms with E-state index in [1.165, 1.54) is 9.75 Å². The van der Waals surface area contributed by atoms with E-state index in [2.05, 4.69) is 39.6 Å². The van der Waals surface area contributed by atoms with Gasteiger partial charge in [0.2, 0.25) is 5.65 Å². The molecule has 0 spiro atoms. The summed E-state index contributed by atoms with van der Waals surface area (Å²) in [5.41, 5.74) is 0.771. The number of anilines is 1. The molecule has 0 aliphatic rings. The summed E-state index contributed by atoms with van der Waals surface area (Å²) in [6.45, 7) is 4.87. The normalized spacial score (nSPS) is 11.1. The number of fused-ring (bicyclic) bond motifs is 1. The van der Waals surface area contributed by atoms with Gasteiger partial charge in [-0.3, -0.25) is 4.40 Å². The summed E-state index contributed by atoms with van der Waals surface area (Å²) in [6, 6.07) is 4.34. The molecule has 0 saturated carbocycles. The van der Waals surface area contributed by atoms with Crippen LogP contribution in [-0.4, -0.2) is 19.6 Å². The molecule has 0 amide bonds. The zero-order valence-electron chi connectivity index (χ0n) is 10.9. The lowest BCUT2D eigenvalue weighted by Crippen LogP contribution is -2.02. The Balaban J connectivity index is 1.81. The van der Waals surface area contributed by atoms with Crippen LogP contribution in [0.25, 0.3) is 5.65 Å². The summed E-state index contributed by atoms with van der Waals surface area (Å²) in [4.78, 5) is 7.04. The van der Waals surface area contributed by atoms with Gasteiger partial charge in [0.15, 0.2) is 5.82 Å². The standard InChI is InChI=1S/C13H15N5S/c1-3-10-4-5-11(19-10)8-15-12-13-17-16-9(2)18(13)7-6-14-12/h4-7H,3,8H2,1-2H3,(H,14,15). The lowest BCUT2D eigenvalue weighted by molar-refractivity contribution is 1.00. The fourth-order valence-electron chi connectivity index (χ4n) is 1.94. The van der Waals surface area contributed by atoms with Crippen LogP contribution in [0.3, 0.4) is 0 Å². The van der Waals surface area contributed by atoms with Gasteiger partial charge in [-0.05, 0) is 25.5 Å². The minimum Gasteiger partial charge on any atom is -0.362 e. The molecule has 0 bridgehead atoms. The third-order valence-electron chi connectivity index (χ3n) is 2.99. The van der Waals surface area contributed by atoms with Crippen LogP contribution in [0, 0.1) is 6.92 Å². The van der Waals surface area contributed by atoms with Gasteiger partial charge in [0.25, 0.3) is 0 Å². The Labute approximate surface area is 115 Å². The maximum absolute atomic E-state index is 4.33. The fourth-order valence-corrected chi connectivity index (χ4v) is 2.84. The second-order valence-corrected chi connectivity index (χ2v) is 5.54. The van der Waals surface area contributed by atoms with Crippen molar-refractivity contribution in [1.29, 1.82) is 0 Å². The molecule has 0 fully saturated rings. The number of rotatable bonds is 4. The van der Waals surface area contributed by atoms with Gasteiger partial charge in [-0.1, -0.05) is 6.92 Å². The Bertz CT molecular complexity index is 700. The largest absolute Gasteiger partial charge is 0.362 e. The minimum absolute atomic E-state index is 0.767. The van der Waals surface area contributed by atoms with Gasteiger partial charge in [0.05, 0.1) is 6.54 Å². The second-order valence-electron chi connectivity index (χ2n) is 4.29. The SMILES string of the molecule is CCc1ccc(CNc2nccn3c(C)nnc23)s1. The van der Waals surface area contributed by atoms with Crippen LogP contribution in [0.5, 0.6) is 0 Å². The summed E-state index contributed by atoms with van der Waals surface area (Å²) < 4.78 is 1.93. The predicted molar refractivity (Wildman–Crippen MR) is 76.5 cm³/mol. The van der Waals surface area contributed by atoms with Crippen LogP contribution in [0.15, 0.2) is 24.5 Å². The predicted octanol–water partition coefficient (Wildman–Crippen LogP) is 2.67. The molecule has 0 aliphatic heterocycles. The third-order valence-corrected chi connectivity index (χ3v) is 4.22. The van der Waals surface area contributed by atoms with E-state index in [1.807, 2.05) is 28.9 Å². The quantitative estimate of drug-likeness (QED) is 0.794. The zero-order valence-corrected chi connectivity index (χ0v) is 11.7. The maximum atomic E-state index is 4.33. The van der Waals surface area contributed by atoms with Crippen molar-refractivity contribution in [1.82, 2.24) is 19.6 Å². The topological polar surface area (TPSA) is 55.1 Å². The average molecular weight is 273 g/mol. The van der Waals surface area contributed by atoms with E-state index in [9.17, 15) is 0 Å². The molecule has 0 saturated heterocycles. The highest BCUT2D eigenvalue weighted by atomic mass is 32.1. The lowest BCUT2D eigenvalue weighted by atomic mass is 10.3.